The van der Waals surface area contributed by atoms with Crippen LogP contribution in [0.5, 0.6) is 0 Å². The number of nitrogens with two attached hydrogens (primary N) is 1. The SMILES string of the molecule is CCCCCCCCc1cc(C)c(C(N)=O)c(C)c1C. The summed E-state index contributed by atoms with van der Waals surface area (Å²) in [6.07, 6.45) is 8.99. The van der Waals surface area contributed by atoms with Crippen LogP contribution in [0.2, 0.25) is 0 Å². The van der Waals surface area contributed by atoms with Gasteiger partial charge in [0.05, 0.1) is 0 Å². The molecule has 0 heterocycles. The third kappa shape index (κ3) is 4.36. The number of aryl methyl sites for hydroxylation is 2. The largest absolute Gasteiger partial charge is 0.366 e. The standard InChI is InChI=1S/C18H29NO/c1-5-6-7-8-9-10-11-16-12-13(2)17(18(19)20)15(4)14(16)3/h12H,5-11H2,1-4H3,(H2,19,20). The van der Waals surface area contributed by atoms with Crippen molar-refractivity contribution in [2.24, 2.45) is 5.73 Å². The van der Waals surface area contributed by atoms with Gasteiger partial charge in [0.15, 0.2) is 0 Å². The number of hydrogen-bond donors (Lipinski definition) is 1. The van der Waals surface area contributed by atoms with Crippen LogP contribution in [-0.2, 0) is 6.42 Å². The van der Waals surface area contributed by atoms with Crippen LogP contribution in [0, 0.1) is 20.8 Å². The second kappa shape index (κ2) is 8.08. The first-order chi connectivity index (χ1) is 9.49. The summed E-state index contributed by atoms with van der Waals surface area (Å²) < 4.78 is 0. The van der Waals surface area contributed by atoms with Gasteiger partial charge in [0, 0.05) is 5.56 Å². The van der Waals surface area contributed by atoms with Gasteiger partial charge in [-0.1, -0.05) is 45.1 Å². The van der Waals surface area contributed by atoms with Crippen LogP contribution >= 0.6 is 0 Å². The molecule has 1 rings (SSSR count). The van der Waals surface area contributed by atoms with Crippen molar-refractivity contribution in [2.75, 3.05) is 0 Å². The fourth-order valence-corrected chi connectivity index (χ4v) is 2.90. The third-order valence-corrected chi connectivity index (χ3v) is 4.25. The zero-order valence-corrected chi connectivity index (χ0v) is 13.5. The molecule has 0 aromatic heterocycles. The summed E-state index contributed by atoms with van der Waals surface area (Å²) in [7, 11) is 0. The molecule has 0 aliphatic heterocycles. The van der Waals surface area contributed by atoms with Gasteiger partial charge in [-0.05, 0) is 55.9 Å². The van der Waals surface area contributed by atoms with E-state index in [0.717, 1.165) is 17.5 Å². The molecule has 0 unspecified atom stereocenters. The fourth-order valence-electron chi connectivity index (χ4n) is 2.90. The number of unbranched alkanes of at least 4 members (excludes halogenated alkanes) is 5. The minimum atomic E-state index is -0.311. The predicted octanol–water partition coefficient (Wildman–Crippen LogP) is 4.61. The molecule has 0 spiro atoms. The molecule has 0 fully saturated rings. The second-order valence-electron chi connectivity index (χ2n) is 5.86. The van der Waals surface area contributed by atoms with Crippen molar-refractivity contribution in [1.29, 1.82) is 0 Å². The maximum atomic E-state index is 11.5. The molecule has 2 heteroatoms. The summed E-state index contributed by atoms with van der Waals surface area (Å²) in [6.45, 7) is 8.34. The minimum absolute atomic E-state index is 0.311. The smallest absolute Gasteiger partial charge is 0.249 e. The highest BCUT2D eigenvalue weighted by Gasteiger charge is 2.13. The maximum absolute atomic E-state index is 11.5. The molecule has 2 N–H and O–H groups in total. The average Bonchev–Trinajstić information content (AvgIpc) is 2.38. The molecular formula is C18H29NO. The van der Waals surface area contributed by atoms with Gasteiger partial charge in [-0.25, -0.2) is 0 Å². The van der Waals surface area contributed by atoms with E-state index < -0.39 is 0 Å². The molecule has 0 saturated heterocycles. The Bertz CT molecular complexity index is 463. The van der Waals surface area contributed by atoms with Crippen molar-refractivity contribution < 1.29 is 4.79 Å². The van der Waals surface area contributed by atoms with Crippen molar-refractivity contribution in [3.8, 4) is 0 Å². The van der Waals surface area contributed by atoms with Crippen molar-refractivity contribution >= 4 is 5.91 Å². The Morgan fingerprint density at radius 1 is 1.00 bits per heavy atom. The summed E-state index contributed by atoms with van der Waals surface area (Å²) in [5, 5.41) is 0. The Balaban J connectivity index is 2.66. The van der Waals surface area contributed by atoms with E-state index in [1.165, 1.54) is 49.7 Å². The molecule has 0 aliphatic rings. The van der Waals surface area contributed by atoms with Gasteiger partial charge in [0.2, 0.25) is 5.91 Å². The summed E-state index contributed by atoms with van der Waals surface area (Å²) in [5.74, 6) is -0.311. The lowest BCUT2D eigenvalue weighted by Gasteiger charge is -2.14. The fraction of sp³-hybridized carbons (Fsp3) is 0.611. The molecule has 0 radical (unpaired) electrons. The van der Waals surface area contributed by atoms with Gasteiger partial charge in [-0.3, -0.25) is 4.79 Å². The van der Waals surface area contributed by atoms with Crippen molar-refractivity contribution in [1.82, 2.24) is 0 Å². The molecule has 0 aliphatic carbocycles. The highest BCUT2D eigenvalue weighted by atomic mass is 16.1. The Labute approximate surface area is 123 Å². The van der Waals surface area contributed by atoms with Crippen LogP contribution in [0.25, 0.3) is 0 Å². The van der Waals surface area contributed by atoms with Crippen LogP contribution in [0.3, 0.4) is 0 Å². The number of carbonyl (C=O) groups excluding carboxylic acids is 1. The van der Waals surface area contributed by atoms with Gasteiger partial charge < -0.3 is 5.73 Å². The molecule has 0 saturated carbocycles. The van der Waals surface area contributed by atoms with Crippen LogP contribution < -0.4 is 5.73 Å². The van der Waals surface area contributed by atoms with E-state index >= 15 is 0 Å². The highest BCUT2D eigenvalue weighted by Crippen LogP contribution is 2.23. The number of amides is 1. The summed E-state index contributed by atoms with van der Waals surface area (Å²) in [4.78, 5) is 11.5. The average molecular weight is 275 g/mol. The van der Waals surface area contributed by atoms with Crippen molar-refractivity contribution in [2.45, 2.75) is 72.6 Å². The first kappa shape index (κ1) is 16.7. The topological polar surface area (TPSA) is 43.1 Å². The molecule has 0 atom stereocenters. The molecule has 2 nitrogen and oxygen atoms in total. The van der Waals surface area contributed by atoms with Crippen LogP contribution in [-0.4, -0.2) is 5.91 Å². The minimum Gasteiger partial charge on any atom is -0.366 e. The van der Waals surface area contributed by atoms with E-state index in [0.29, 0.717) is 5.56 Å². The lowest BCUT2D eigenvalue weighted by molar-refractivity contribution is 0.0999. The van der Waals surface area contributed by atoms with Gasteiger partial charge in [-0.15, -0.1) is 0 Å². The maximum Gasteiger partial charge on any atom is 0.249 e. The Kier molecular flexibility index (Phi) is 6.77. The van der Waals surface area contributed by atoms with Gasteiger partial charge in [0.25, 0.3) is 0 Å². The van der Waals surface area contributed by atoms with Crippen LogP contribution in [0.15, 0.2) is 6.07 Å². The molecule has 112 valence electrons. The third-order valence-electron chi connectivity index (χ3n) is 4.25. The molecule has 1 aromatic carbocycles. The van der Waals surface area contributed by atoms with E-state index in [-0.39, 0.29) is 5.91 Å². The summed E-state index contributed by atoms with van der Waals surface area (Å²) in [6, 6.07) is 2.15. The van der Waals surface area contributed by atoms with Gasteiger partial charge in [0.1, 0.15) is 0 Å². The molecular weight excluding hydrogens is 246 g/mol. The Morgan fingerprint density at radius 3 is 2.20 bits per heavy atom. The monoisotopic (exact) mass is 275 g/mol. The number of rotatable bonds is 8. The van der Waals surface area contributed by atoms with E-state index in [4.69, 9.17) is 5.73 Å². The summed E-state index contributed by atoms with van der Waals surface area (Å²) in [5.41, 5.74) is 10.8. The zero-order chi connectivity index (χ0) is 15.1. The molecule has 20 heavy (non-hydrogen) atoms. The molecule has 1 aromatic rings. The number of hydrogen-bond acceptors (Lipinski definition) is 1. The lowest BCUT2D eigenvalue weighted by Crippen LogP contribution is -2.16. The van der Waals surface area contributed by atoms with E-state index in [9.17, 15) is 4.79 Å². The normalized spacial score (nSPS) is 10.8. The quantitative estimate of drug-likeness (QED) is 0.691. The van der Waals surface area contributed by atoms with Crippen molar-refractivity contribution in [3.05, 3.63) is 33.9 Å². The molecule has 0 bridgehead atoms. The van der Waals surface area contributed by atoms with E-state index in [2.05, 4.69) is 19.9 Å². The van der Waals surface area contributed by atoms with Crippen molar-refractivity contribution in [3.63, 3.8) is 0 Å². The van der Waals surface area contributed by atoms with Gasteiger partial charge >= 0.3 is 0 Å². The lowest BCUT2D eigenvalue weighted by atomic mass is 9.91. The Hall–Kier alpha value is -1.31. The van der Waals surface area contributed by atoms with E-state index in [1.807, 2.05) is 13.8 Å². The predicted molar refractivity (Wildman–Crippen MR) is 86.3 cm³/mol. The number of primary amides is 1. The molecule has 1 amide bonds. The van der Waals surface area contributed by atoms with Crippen LogP contribution in [0.4, 0.5) is 0 Å². The first-order valence-electron chi connectivity index (χ1n) is 7.88. The highest BCUT2D eigenvalue weighted by molar-refractivity contribution is 5.96. The first-order valence-corrected chi connectivity index (χ1v) is 7.88. The van der Waals surface area contributed by atoms with E-state index in [1.54, 1.807) is 0 Å². The number of carbonyl (C=O) groups is 1. The summed E-state index contributed by atoms with van der Waals surface area (Å²) >= 11 is 0. The Morgan fingerprint density at radius 2 is 1.60 bits per heavy atom. The number of benzene rings is 1. The van der Waals surface area contributed by atoms with Gasteiger partial charge in [-0.2, -0.15) is 0 Å². The zero-order valence-electron chi connectivity index (χ0n) is 13.5. The second-order valence-corrected chi connectivity index (χ2v) is 5.86. The van der Waals surface area contributed by atoms with Crippen LogP contribution in [0.1, 0.15) is 78.1 Å².